The van der Waals surface area contributed by atoms with E-state index in [2.05, 4.69) is 17.0 Å². The fraction of sp³-hybridized carbons (Fsp3) is 0.333. The van der Waals surface area contributed by atoms with Crippen molar-refractivity contribution in [3.63, 3.8) is 0 Å². The van der Waals surface area contributed by atoms with Crippen LogP contribution in [0.15, 0.2) is 54.6 Å². The van der Waals surface area contributed by atoms with Gasteiger partial charge >= 0.3 is 5.97 Å². The molecule has 1 heterocycles. The van der Waals surface area contributed by atoms with Gasteiger partial charge in [-0.2, -0.15) is 0 Å². The van der Waals surface area contributed by atoms with Gasteiger partial charge in [-0.05, 0) is 42.6 Å². The van der Waals surface area contributed by atoms with E-state index < -0.39 is 5.97 Å². The highest BCUT2D eigenvalue weighted by molar-refractivity contribution is 5.87. The third-order valence-corrected chi connectivity index (χ3v) is 4.87. The predicted molar refractivity (Wildman–Crippen MR) is 99.7 cm³/mol. The van der Waals surface area contributed by atoms with Crippen molar-refractivity contribution in [2.75, 3.05) is 13.6 Å². The van der Waals surface area contributed by atoms with Gasteiger partial charge in [0, 0.05) is 20.1 Å². The third-order valence-electron chi connectivity index (χ3n) is 4.87. The molecule has 1 amide bonds. The van der Waals surface area contributed by atoms with Crippen molar-refractivity contribution < 1.29 is 14.7 Å². The third kappa shape index (κ3) is 4.29. The number of likely N-dealkylation sites (N-methyl/N-ethyl adjacent to an activating group) is 1. The van der Waals surface area contributed by atoms with Crippen molar-refractivity contribution in [1.82, 2.24) is 9.80 Å². The van der Waals surface area contributed by atoms with Crippen molar-refractivity contribution in [2.24, 2.45) is 0 Å². The number of carboxylic acids is 1. The molecule has 1 aliphatic heterocycles. The average Bonchev–Trinajstić information content (AvgIpc) is 3.10. The van der Waals surface area contributed by atoms with Crippen LogP contribution in [0.2, 0.25) is 0 Å². The fourth-order valence-corrected chi connectivity index (χ4v) is 3.47. The molecule has 5 nitrogen and oxygen atoms in total. The molecule has 1 unspecified atom stereocenters. The first-order valence-electron chi connectivity index (χ1n) is 8.90. The van der Waals surface area contributed by atoms with Gasteiger partial charge in [-0.1, -0.05) is 42.5 Å². The molecule has 0 radical (unpaired) electrons. The molecule has 1 fully saturated rings. The summed E-state index contributed by atoms with van der Waals surface area (Å²) in [6.45, 7) is 2.21. The summed E-state index contributed by atoms with van der Waals surface area (Å²) in [5.41, 5.74) is 2.41. The minimum Gasteiger partial charge on any atom is -0.478 e. The van der Waals surface area contributed by atoms with Gasteiger partial charge < -0.3 is 10.0 Å². The number of hydrogen-bond donors (Lipinski definition) is 1. The number of hydrogen-bond acceptors (Lipinski definition) is 3. The molecule has 1 N–H and O–H groups in total. The van der Waals surface area contributed by atoms with E-state index in [0.29, 0.717) is 6.54 Å². The highest BCUT2D eigenvalue weighted by Crippen LogP contribution is 2.22. The van der Waals surface area contributed by atoms with E-state index in [1.165, 1.54) is 5.56 Å². The summed E-state index contributed by atoms with van der Waals surface area (Å²) < 4.78 is 0. The summed E-state index contributed by atoms with van der Waals surface area (Å²) in [6.07, 6.45) is 1.92. The van der Waals surface area contributed by atoms with Crippen LogP contribution in [0.1, 0.15) is 34.3 Å². The Morgan fingerprint density at radius 1 is 1.08 bits per heavy atom. The minimum atomic E-state index is -0.941. The zero-order valence-electron chi connectivity index (χ0n) is 15.0. The smallest absolute Gasteiger partial charge is 0.335 e. The molecule has 0 aromatic heterocycles. The molecule has 2 aromatic carbocycles. The molecular formula is C21H24N2O3. The quantitative estimate of drug-likeness (QED) is 0.868. The van der Waals surface area contributed by atoms with Gasteiger partial charge in [-0.15, -0.1) is 0 Å². The maximum absolute atomic E-state index is 12.9. The molecule has 2 aromatic rings. The molecule has 136 valence electrons. The number of nitrogens with zero attached hydrogens (tertiary/aromatic N) is 2. The van der Waals surface area contributed by atoms with Gasteiger partial charge in [0.2, 0.25) is 5.91 Å². The summed E-state index contributed by atoms with van der Waals surface area (Å²) >= 11 is 0. The molecule has 0 saturated carbocycles. The molecule has 3 rings (SSSR count). The van der Waals surface area contributed by atoms with Crippen LogP contribution in [0.4, 0.5) is 0 Å². The summed E-state index contributed by atoms with van der Waals surface area (Å²) in [7, 11) is 1.81. The van der Waals surface area contributed by atoms with Crippen molar-refractivity contribution in [1.29, 1.82) is 0 Å². The zero-order chi connectivity index (χ0) is 18.5. The van der Waals surface area contributed by atoms with Crippen molar-refractivity contribution in [2.45, 2.75) is 32.0 Å². The van der Waals surface area contributed by atoms with Crippen LogP contribution in [0.3, 0.4) is 0 Å². The Bertz CT molecular complexity index is 759. The second-order valence-corrected chi connectivity index (χ2v) is 6.81. The van der Waals surface area contributed by atoms with Crippen molar-refractivity contribution in [3.05, 3.63) is 71.3 Å². The van der Waals surface area contributed by atoms with E-state index >= 15 is 0 Å². The maximum atomic E-state index is 12.9. The zero-order valence-corrected chi connectivity index (χ0v) is 15.0. The lowest BCUT2D eigenvalue weighted by Crippen LogP contribution is -2.43. The number of carbonyl (C=O) groups excluding carboxylic acids is 1. The van der Waals surface area contributed by atoms with Crippen LogP contribution in [0, 0.1) is 0 Å². The fourth-order valence-electron chi connectivity index (χ4n) is 3.47. The van der Waals surface area contributed by atoms with E-state index in [1.807, 2.05) is 25.2 Å². The second-order valence-electron chi connectivity index (χ2n) is 6.81. The summed E-state index contributed by atoms with van der Waals surface area (Å²) in [5, 5.41) is 8.97. The molecule has 26 heavy (non-hydrogen) atoms. The van der Waals surface area contributed by atoms with E-state index in [4.69, 9.17) is 5.11 Å². The molecule has 1 aliphatic rings. The SMILES string of the molecule is CN(Cc1ccc(C(=O)O)cc1)C(=O)C1CCCN1Cc1ccccc1. The first-order valence-corrected chi connectivity index (χ1v) is 8.90. The molecule has 0 bridgehead atoms. The highest BCUT2D eigenvalue weighted by atomic mass is 16.4. The van der Waals surface area contributed by atoms with Gasteiger partial charge in [0.25, 0.3) is 0 Å². The van der Waals surface area contributed by atoms with Crippen LogP contribution in [-0.4, -0.2) is 46.4 Å². The summed E-state index contributed by atoms with van der Waals surface area (Å²) in [4.78, 5) is 27.8. The Labute approximate surface area is 153 Å². The second kappa shape index (κ2) is 8.15. The standard InChI is InChI=1S/C21H24N2O3/c1-22(14-17-9-11-18(12-10-17)21(25)26)20(24)19-8-5-13-23(19)15-16-6-3-2-4-7-16/h2-4,6-7,9-12,19H,5,8,13-15H2,1H3,(H,25,26). The number of carboxylic acid groups (broad SMARTS) is 1. The predicted octanol–water partition coefficient (Wildman–Crippen LogP) is 3.01. The van der Waals surface area contributed by atoms with E-state index in [1.54, 1.807) is 29.2 Å². The molecular weight excluding hydrogens is 328 g/mol. The Kier molecular flexibility index (Phi) is 5.68. The van der Waals surface area contributed by atoms with Crippen LogP contribution in [0.25, 0.3) is 0 Å². The van der Waals surface area contributed by atoms with Gasteiger partial charge in [-0.3, -0.25) is 9.69 Å². The number of benzene rings is 2. The van der Waals surface area contributed by atoms with Gasteiger partial charge in [0.1, 0.15) is 0 Å². The number of carbonyl (C=O) groups is 2. The van der Waals surface area contributed by atoms with E-state index in [0.717, 1.165) is 31.5 Å². The lowest BCUT2D eigenvalue weighted by molar-refractivity contribution is -0.135. The largest absolute Gasteiger partial charge is 0.478 e. The molecule has 0 aliphatic carbocycles. The highest BCUT2D eigenvalue weighted by Gasteiger charge is 2.32. The molecule has 5 heteroatoms. The first kappa shape index (κ1) is 18.1. The summed E-state index contributed by atoms with van der Waals surface area (Å²) in [5.74, 6) is -0.816. The van der Waals surface area contributed by atoms with Gasteiger partial charge in [0.15, 0.2) is 0 Å². The molecule has 1 atom stereocenters. The Morgan fingerprint density at radius 3 is 2.42 bits per heavy atom. The van der Waals surface area contributed by atoms with Crippen LogP contribution >= 0.6 is 0 Å². The van der Waals surface area contributed by atoms with E-state index in [9.17, 15) is 9.59 Å². The van der Waals surface area contributed by atoms with Crippen molar-refractivity contribution in [3.8, 4) is 0 Å². The number of amides is 1. The first-order chi connectivity index (χ1) is 12.5. The average molecular weight is 352 g/mol. The lowest BCUT2D eigenvalue weighted by atomic mass is 10.1. The maximum Gasteiger partial charge on any atom is 0.335 e. The minimum absolute atomic E-state index is 0.0847. The number of rotatable bonds is 6. The van der Waals surface area contributed by atoms with Crippen LogP contribution in [-0.2, 0) is 17.9 Å². The number of aromatic carboxylic acids is 1. The van der Waals surface area contributed by atoms with E-state index in [-0.39, 0.29) is 17.5 Å². The number of likely N-dealkylation sites (tertiary alicyclic amines) is 1. The Balaban J connectivity index is 1.62. The molecule has 0 spiro atoms. The Hall–Kier alpha value is -2.66. The van der Waals surface area contributed by atoms with Gasteiger partial charge in [0.05, 0.1) is 11.6 Å². The van der Waals surface area contributed by atoms with Crippen LogP contribution in [0.5, 0.6) is 0 Å². The lowest BCUT2D eigenvalue weighted by Gasteiger charge is -2.28. The van der Waals surface area contributed by atoms with Crippen LogP contribution < -0.4 is 0 Å². The monoisotopic (exact) mass is 352 g/mol. The normalized spacial score (nSPS) is 17.2. The van der Waals surface area contributed by atoms with Crippen molar-refractivity contribution >= 4 is 11.9 Å². The van der Waals surface area contributed by atoms with Gasteiger partial charge in [-0.25, -0.2) is 4.79 Å². The Morgan fingerprint density at radius 2 is 1.77 bits per heavy atom. The topological polar surface area (TPSA) is 60.9 Å². The molecule has 1 saturated heterocycles. The summed E-state index contributed by atoms with van der Waals surface area (Å²) in [6, 6.07) is 16.8.